The Kier molecular flexibility index (Phi) is 10.7. The standard InChI is InChI=1S/C28H31NO4.C2HF3O2/c30-27(31)22-12-14-26(15-13-22)33-21-7-18-29-19-16-25(17-20-29)28(32,23-8-3-1-4-9-23)24-10-5-2-6-11-24;3-2(4,5)1(6)7/h1-6,8-15,25,32H,7,16-21H2,(H,30,31);(H,6,7). The number of aromatic carboxylic acids is 1. The van der Waals surface area contributed by atoms with Crippen molar-refractivity contribution in [3.05, 3.63) is 102 Å². The molecule has 0 aromatic heterocycles. The number of piperidine rings is 1. The molecule has 1 fully saturated rings. The Morgan fingerprint density at radius 2 is 1.30 bits per heavy atom. The van der Waals surface area contributed by atoms with E-state index >= 15 is 0 Å². The first kappa shape index (κ1) is 30.6. The van der Waals surface area contributed by atoms with Crippen molar-refractivity contribution in [3.8, 4) is 5.75 Å². The monoisotopic (exact) mass is 559 g/mol. The van der Waals surface area contributed by atoms with Crippen molar-refractivity contribution in [2.24, 2.45) is 5.92 Å². The van der Waals surface area contributed by atoms with Gasteiger partial charge in [-0.3, -0.25) is 0 Å². The van der Waals surface area contributed by atoms with E-state index in [1.54, 1.807) is 24.3 Å². The zero-order valence-electron chi connectivity index (χ0n) is 21.8. The van der Waals surface area contributed by atoms with Crippen LogP contribution in [-0.2, 0) is 10.4 Å². The molecule has 3 aromatic carbocycles. The maximum Gasteiger partial charge on any atom is 0.490 e. The van der Waals surface area contributed by atoms with Crippen LogP contribution in [0.1, 0.15) is 40.7 Å². The number of carboxylic acids is 2. The summed E-state index contributed by atoms with van der Waals surface area (Å²) in [6.45, 7) is 3.42. The van der Waals surface area contributed by atoms with Crippen molar-refractivity contribution >= 4 is 11.9 Å². The van der Waals surface area contributed by atoms with Crippen LogP contribution in [-0.4, -0.2) is 64.6 Å². The lowest BCUT2D eigenvalue weighted by Crippen LogP contribution is -2.44. The molecule has 0 radical (unpaired) electrons. The van der Waals surface area contributed by atoms with E-state index in [1.807, 2.05) is 60.7 Å². The summed E-state index contributed by atoms with van der Waals surface area (Å²) in [6.07, 6.45) is -2.33. The van der Waals surface area contributed by atoms with E-state index in [2.05, 4.69) is 4.90 Å². The highest BCUT2D eigenvalue weighted by Gasteiger charge is 2.41. The molecule has 0 saturated carbocycles. The fourth-order valence-corrected chi connectivity index (χ4v) is 4.77. The van der Waals surface area contributed by atoms with Crippen LogP contribution in [0.25, 0.3) is 0 Å². The van der Waals surface area contributed by atoms with Crippen LogP contribution >= 0.6 is 0 Å². The first-order valence-corrected chi connectivity index (χ1v) is 12.8. The van der Waals surface area contributed by atoms with E-state index in [-0.39, 0.29) is 11.5 Å². The predicted octanol–water partition coefficient (Wildman–Crippen LogP) is 5.44. The van der Waals surface area contributed by atoms with Gasteiger partial charge in [-0.25, -0.2) is 9.59 Å². The maximum absolute atomic E-state index is 12.0. The van der Waals surface area contributed by atoms with Crippen LogP contribution in [0, 0.1) is 5.92 Å². The van der Waals surface area contributed by atoms with Gasteiger partial charge in [0.2, 0.25) is 0 Å². The van der Waals surface area contributed by atoms with Gasteiger partial charge in [-0.2, -0.15) is 13.2 Å². The smallest absolute Gasteiger partial charge is 0.490 e. The molecule has 0 unspecified atom stereocenters. The van der Waals surface area contributed by atoms with Crippen LogP contribution < -0.4 is 4.74 Å². The highest BCUT2D eigenvalue weighted by molar-refractivity contribution is 5.87. The molecule has 0 spiro atoms. The van der Waals surface area contributed by atoms with Crippen molar-refractivity contribution in [2.45, 2.75) is 31.0 Å². The number of likely N-dealkylation sites (tertiary alicyclic amines) is 1. The predicted molar refractivity (Wildman–Crippen MR) is 142 cm³/mol. The van der Waals surface area contributed by atoms with Gasteiger partial charge in [-0.15, -0.1) is 0 Å². The summed E-state index contributed by atoms with van der Waals surface area (Å²) in [4.78, 5) is 22.3. The lowest BCUT2D eigenvalue weighted by Gasteiger charge is -2.42. The Bertz CT molecular complexity index is 1170. The van der Waals surface area contributed by atoms with Gasteiger partial charge in [0.25, 0.3) is 0 Å². The number of benzene rings is 3. The van der Waals surface area contributed by atoms with Crippen LogP contribution in [0.15, 0.2) is 84.9 Å². The second-order valence-electron chi connectivity index (χ2n) is 9.45. The zero-order chi connectivity index (χ0) is 29.2. The summed E-state index contributed by atoms with van der Waals surface area (Å²) < 4.78 is 37.5. The van der Waals surface area contributed by atoms with Gasteiger partial charge in [0.05, 0.1) is 12.2 Å². The number of alkyl halides is 3. The Labute approximate surface area is 230 Å². The van der Waals surface area contributed by atoms with Gasteiger partial charge in [-0.05, 0) is 73.7 Å². The van der Waals surface area contributed by atoms with Crippen molar-refractivity contribution in [1.29, 1.82) is 0 Å². The van der Waals surface area contributed by atoms with Crippen molar-refractivity contribution in [1.82, 2.24) is 4.90 Å². The number of aliphatic hydroxyl groups is 1. The minimum Gasteiger partial charge on any atom is -0.494 e. The molecule has 40 heavy (non-hydrogen) atoms. The Balaban J connectivity index is 0.000000559. The SMILES string of the molecule is O=C(O)C(F)(F)F.O=C(O)c1ccc(OCCCN2CCC(C(O)(c3ccccc3)c3ccccc3)CC2)cc1. The number of nitrogens with zero attached hydrogens (tertiary/aromatic N) is 1. The third-order valence-electron chi connectivity index (χ3n) is 6.84. The van der Waals surface area contributed by atoms with Gasteiger partial charge in [0, 0.05) is 6.54 Å². The highest BCUT2D eigenvalue weighted by atomic mass is 19.4. The van der Waals surface area contributed by atoms with E-state index < -0.39 is 23.7 Å². The molecule has 0 bridgehead atoms. The first-order valence-electron chi connectivity index (χ1n) is 12.8. The minimum atomic E-state index is -5.08. The molecular formula is C30H32F3NO6. The third-order valence-corrected chi connectivity index (χ3v) is 6.84. The summed E-state index contributed by atoms with van der Waals surface area (Å²) in [6, 6.07) is 26.6. The summed E-state index contributed by atoms with van der Waals surface area (Å²) >= 11 is 0. The number of carboxylic acid groups (broad SMARTS) is 2. The first-order chi connectivity index (χ1) is 19.0. The van der Waals surface area contributed by atoms with Gasteiger partial charge in [0.15, 0.2) is 0 Å². The van der Waals surface area contributed by atoms with E-state index in [1.165, 1.54) is 0 Å². The topological polar surface area (TPSA) is 107 Å². The van der Waals surface area contributed by atoms with E-state index in [9.17, 15) is 23.1 Å². The molecule has 0 aliphatic carbocycles. The largest absolute Gasteiger partial charge is 0.494 e. The second-order valence-corrected chi connectivity index (χ2v) is 9.45. The molecule has 1 saturated heterocycles. The lowest BCUT2D eigenvalue weighted by molar-refractivity contribution is -0.192. The van der Waals surface area contributed by atoms with E-state index in [4.69, 9.17) is 19.7 Å². The average Bonchev–Trinajstić information content (AvgIpc) is 2.96. The average molecular weight is 560 g/mol. The molecule has 1 aliphatic heterocycles. The third kappa shape index (κ3) is 8.30. The van der Waals surface area contributed by atoms with Gasteiger partial charge in [-0.1, -0.05) is 60.7 Å². The van der Waals surface area contributed by atoms with Crippen LogP contribution in [0.4, 0.5) is 13.2 Å². The van der Waals surface area contributed by atoms with E-state index in [0.717, 1.165) is 50.0 Å². The normalized spacial score (nSPS) is 14.6. The summed E-state index contributed by atoms with van der Waals surface area (Å²) in [7, 11) is 0. The van der Waals surface area contributed by atoms with Crippen LogP contribution in [0.2, 0.25) is 0 Å². The summed E-state index contributed by atoms with van der Waals surface area (Å²) in [5.41, 5.74) is 1.19. The number of carbonyl (C=O) groups is 2. The number of rotatable bonds is 9. The van der Waals surface area contributed by atoms with Crippen molar-refractivity contribution < 1.29 is 42.8 Å². The maximum atomic E-state index is 12.0. The molecule has 214 valence electrons. The second kappa shape index (κ2) is 14.0. The molecular weight excluding hydrogens is 527 g/mol. The molecule has 1 aliphatic rings. The summed E-state index contributed by atoms with van der Waals surface area (Å²) in [5, 5.41) is 28.1. The summed E-state index contributed by atoms with van der Waals surface area (Å²) in [5.74, 6) is -2.85. The number of hydrogen-bond donors (Lipinski definition) is 3. The highest BCUT2D eigenvalue weighted by Crippen LogP contribution is 2.41. The quantitative estimate of drug-likeness (QED) is 0.300. The zero-order valence-corrected chi connectivity index (χ0v) is 21.8. The van der Waals surface area contributed by atoms with Crippen molar-refractivity contribution in [2.75, 3.05) is 26.2 Å². The van der Waals surface area contributed by atoms with Gasteiger partial charge >= 0.3 is 18.1 Å². The van der Waals surface area contributed by atoms with Crippen molar-refractivity contribution in [3.63, 3.8) is 0 Å². The minimum absolute atomic E-state index is 0.155. The molecule has 0 amide bonds. The number of ether oxygens (including phenoxy) is 1. The molecule has 0 atom stereocenters. The fourth-order valence-electron chi connectivity index (χ4n) is 4.77. The number of aliphatic carboxylic acids is 1. The van der Waals surface area contributed by atoms with Gasteiger partial charge < -0.3 is 25.0 Å². The van der Waals surface area contributed by atoms with Gasteiger partial charge in [0.1, 0.15) is 11.4 Å². The molecule has 3 aromatic rings. The van der Waals surface area contributed by atoms with Crippen LogP contribution in [0.5, 0.6) is 5.75 Å². The number of hydrogen-bond acceptors (Lipinski definition) is 5. The molecule has 4 rings (SSSR count). The lowest BCUT2D eigenvalue weighted by atomic mass is 9.72. The molecule has 1 heterocycles. The Morgan fingerprint density at radius 1 is 0.825 bits per heavy atom. The molecule has 7 nitrogen and oxygen atoms in total. The molecule has 10 heteroatoms. The Hall–Kier alpha value is -3.89. The fraction of sp³-hybridized carbons (Fsp3) is 0.333. The van der Waals surface area contributed by atoms with Crippen LogP contribution in [0.3, 0.4) is 0 Å². The van der Waals surface area contributed by atoms with E-state index in [0.29, 0.717) is 12.4 Å². The number of halogens is 3. The Morgan fingerprint density at radius 3 is 1.73 bits per heavy atom. The molecule has 3 N–H and O–H groups in total.